The molecule has 0 bridgehead atoms. The molecule has 0 fully saturated rings. The Hall–Kier alpha value is -2.22. The minimum absolute atomic E-state index is 0.154. The monoisotopic (exact) mass is 243 g/mol. The Bertz CT molecular complexity index is 452. The molecule has 0 spiro atoms. The van der Waals surface area contributed by atoms with E-state index in [0.29, 0.717) is 0 Å². The van der Waals surface area contributed by atoms with Crippen LogP contribution < -0.4 is 11.1 Å². The molecule has 1 rings (SSSR count). The van der Waals surface area contributed by atoms with Gasteiger partial charge in [0.15, 0.2) is 0 Å². The van der Waals surface area contributed by atoms with Gasteiger partial charge in [-0.05, 0) is 6.07 Å². The van der Waals surface area contributed by atoms with E-state index in [1.165, 1.54) is 0 Å². The first-order valence-corrected chi connectivity index (χ1v) is 4.52. The molecule has 0 aliphatic rings. The van der Waals surface area contributed by atoms with Crippen LogP contribution in [0, 0.1) is 5.82 Å². The van der Waals surface area contributed by atoms with E-state index in [2.05, 4.69) is 10.3 Å². The van der Waals surface area contributed by atoms with Crippen molar-refractivity contribution < 1.29 is 24.2 Å². The van der Waals surface area contributed by atoms with Gasteiger partial charge in [-0.15, -0.1) is 0 Å². The van der Waals surface area contributed by atoms with E-state index in [1.807, 2.05) is 0 Å². The number of aromatic carboxylic acids is 1. The van der Waals surface area contributed by atoms with E-state index in [1.54, 1.807) is 0 Å². The number of anilines is 1. The molecule has 0 saturated carbocycles. The number of nitrogens with two attached hydrogens (primary N) is 1. The maximum Gasteiger partial charge on any atom is 0.339 e. The molecule has 1 aromatic rings. The third-order valence-corrected chi connectivity index (χ3v) is 1.88. The van der Waals surface area contributed by atoms with Crippen molar-refractivity contribution in [1.82, 2.24) is 4.98 Å². The lowest BCUT2D eigenvalue weighted by Crippen LogP contribution is -2.34. The summed E-state index contributed by atoms with van der Waals surface area (Å²) < 4.78 is 12.8. The van der Waals surface area contributed by atoms with E-state index in [4.69, 9.17) is 15.9 Å². The molecule has 8 heteroatoms. The molecular weight excluding hydrogens is 233 g/mol. The van der Waals surface area contributed by atoms with Crippen LogP contribution in [0.15, 0.2) is 12.3 Å². The van der Waals surface area contributed by atoms with Crippen molar-refractivity contribution in [3.8, 4) is 0 Å². The molecule has 1 amide bonds. The van der Waals surface area contributed by atoms with Crippen molar-refractivity contribution in [1.29, 1.82) is 0 Å². The molecule has 7 nitrogen and oxygen atoms in total. The molecule has 1 aromatic heterocycles. The minimum Gasteiger partial charge on any atom is -0.478 e. The zero-order chi connectivity index (χ0) is 13.0. The van der Waals surface area contributed by atoms with Crippen LogP contribution in [0.5, 0.6) is 0 Å². The Morgan fingerprint density at radius 2 is 2.24 bits per heavy atom. The lowest BCUT2D eigenvalue weighted by atomic mass is 10.2. The molecule has 0 radical (unpaired) electrons. The summed E-state index contributed by atoms with van der Waals surface area (Å²) in [7, 11) is 0. The Morgan fingerprint density at radius 3 is 2.76 bits per heavy atom. The van der Waals surface area contributed by atoms with Gasteiger partial charge in [-0.25, -0.2) is 14.2 Å². The maximum absolute atomic E-state index is 12.8. The Balaban J connectivity index is 2.84. The number of nitrogens with one attached hydrogen (secondary N) is 1. The van der Waals surface area contributed by atoms with Gasteiger partial charge in [0, 0.05) is 0 Å². The van der Waals surface area contributed by atoms with E-state index in [0.717, 1.165) is 12.3 Å². The van der Waals surface area contributed by atoms with Crippen LogP contribution in [0.4, 0.5) is 10.2 Å². The molecule has 5 N–H and O–H groups in total. The molecular formula is C9H10FN3O4. The predicted octanol–water partition coefficient (Wildman–Crippen LogP) is -0.823. The number of nitrogens with zero attached hydrogens (tertiary/aromatic N) is 1. The third-order valence-electron chi connectivity index (χ3n) is 1.88. The zero-order valence-electron chi connectivity index (χ0n) is 8.55. The number of aliphatic hydroxyl groups excluding tert-OH is 1. The van der Waals surface area contributed by atoms with Gasteiger partial charge in [0.2, 0.25) is 5.91 Å². The summed E-state index contributed by atoms with van der Waals surface area (Å²) in [4.78, 5) is 24.8. The van der Waals surface area contributed by atoms with Crippen LogP contribution in [0.1, 0.15) is 10.4 Å². The summed E-state index contributed by atoms with van der Waals surface area (Å²) >= 11 is 0. The summed E-state index contributed by atoms with van der Waals surface area (Å²) in [6, 6.07) is 0.772. The summed E-state index contributed by atoms with van der Waals surface area (Å²) in [5.74, 6) is -3.30. The number of primary amides is 1. The minimum atomic E-state index is -1.48. The Labute approximate surface area is 95.1 Å². The molecule has 1 unspecified atom stereocenters. The number of carboxylic acid groups (broad SMARTS) is 1. The first-order valence-electron chi connectivity index (χ1n) is 4.52. The summed E-state index contributed by atoms with van der Waals surface area (Å²) in [5.41, 5.74) is 4.40. The van der Waals surface area contributed by atoms with Crippen molar-refractivity contribution in [2.75, 3.05) is 11.9 Å². The fourth-order valence-electron chi connectivity index (χ4n) is 1.04. The van der Waals surface area contributed by atoms with Crippen LogP contribution in [0.2, 0.25) is 0 Å². The number of aromatic nitrogens is 1. The van der Waals surface area contributed by atoms with Gasteiger partial charge < -0.3 is 21.3 Å². The van der Waals surface area contributed by atoms with Crippen molar-refractivity contribution >= 4 is 17.7 Å². The van der Waals surface area contributed by atoms with Gasteiger partial charge in [0.1, 0.15) is 23.3 Å². The lowest BCUT2D eigenvalue weighted by molar-refractivity contribution is -0.125. The normalized spacial score (nSPS) is 11.9. The Morgan fingerprint density at radius 1 is 1.59 bits per heavy atom. The molecule has 17 heavy (non-hydrogen) atoms. The van der Waals surface area contributed by atoms with Gasteiger partial charge in [-0.1, -0.05) is 0 Å². The molecule has 0 aromatic carbocycles. The first kappa shape index (κ1) is 12.8. The van der Waals surface area contributed by atoms with Gasteiger partial charge in [0.05, 0.1) is 12.7 Å². The highest BCUT2D eigenvalue weighted by atomic mass is 19.1. The molecule has 0 aliphatic heterocycles. The van der Waals surface area contributed by atoms with Crippen molar-refractivity contribution in [3.05, 3.63) is 23.6 Å². The van der Waals surface area contributed by atoms with E-state index in [-0.39, 0.29) is 12.4 Å². The van der Waals surface area contributed by atoms with E-state index in [9.17, 15) is 14.0 Å². The van der Waals surface area contributed by atoms with Crippen LogP contribution >= 0.6 is 0 Å². The fraction of sp³-hybridized carbons (Fsp3) is 0.222. The van der Waals surface area contributed by atoms with Crippen molar-refractivity contribution in [2.24, 2.45) is 5.73 Å². The highest BCUT2D eigenvalue weighted by molar-refractivity contribution is 5.93. The molecule has 1 atom stereocenters. The highest BCUT2D eigenvalue weighted by Crippen LogP contribution is 2.13. The molecule has 0 saturated heterocycles. The van der Waals surface area contributed by atoms with Crippen molar-refractivity contribution in [2.45, 2.75) is 6.10 Å². The second-order valence-corrected chi connectivity index (χ2v) is 3.15. The van der Waals surface area contributed by atoms with E-state index >= 15 is 0 Å². The number of halogens is 1. The number of pyridine rings is 1. The average molecular weight is 243 g/mol. The maximum atomic E-state index is 12.8. The second-order valence-electron chi connectivity index (χ2n) is 3.15. The summed E-state index contributed by atoms with van der Waals surface area (Å²) in [6.45, 7) is -0.311. The average Bonchev–Trinajstić information content (AvgIpc) is 2.26. The standard InChI is InChI=1S/C9H10FN3O4/c10-4-1-5(9(16)17)8(12-2-4)13-3-6(14)7(11)15/h1-2,6,14H,3H2,(H2,11,15)(H,12,13)(H,16,17). The highest BCUT2D eigenvalue weighted by Gasteiger charge is 2.15. The number of amides is 1. The van der Waals surface area contributed by atoms with Crippen LogP contribution in [0.25, 0.3) is 0 Å². The topological polar surface area (TPSA) is 126 Å². The number of hydrogen-bond donors (Lipinski definition) is 4. The van der Waals surface area contributed by atoms with Crippen LogP contribution in [0.3, 0.4) is 0 Å². The first-order chi connectivity index (χ1) is 7.91. The fourth-order valence-corrected chi connectivity index (χ4v) is 1.04. The molecule has 1 heterocycles. The number of carbonyl (C=O) groups is 2. The van der Waals surface area contributed by atoms with Gasteiger partial charge >= 0.3 is 5.97 Å². The third kappa shape index (κ3) is 3.38. The van der Waals surface area contributed by atoms with Crippen LogP contribution in [-0.2, 0) is 4.79 Å². The zero-order valence-corrected chi connectivity index (χ0v) is 8.55. The van der Waals surface area contributed by atoms with Gasteiger partial charge in [-0.3, -0.25) is 4.79 Å². The number of rotatable bonds is 5. The Kier molecular flexibility index (Phi) is 3.94. The van der Waals surface area contributed by atoms with Crippen LogP contribution in [-0.4, -0.2) is 39.7 Å². The number of carbonyl (C=O) groups excluding carboxylic acids is 1. The number of hydrogen-bond acceptors (Lipinski definition) is 5. The summed E-state index contributed by atoms with van der Waals surface area (Å²) in [5, 5.41) is 20.2. The predicted molar refractivity (Wildman–Crippen MR) is 54.8 cm³/mol. The van der Waals surface area contributed by atoms with E-state index < -0.39 is 29.4 Å². The smallest absolute Gasteiger partial charge is 0.339 e. The molecule has 92 valence electrons. The van der Waals surface area contributed by atoms with Gasteiger partial charge in [0.25, 0.3) is 0 Å². The number of carboxylic acids is 1. The summed E-state index contributed by atoms with van der Waals surface area (Å²) in [6.07, 6.45) is -0.672. The van der Waals surface area contributed by atoms with Crippen molar-refractivity contribution in [3.63, 3.8) is 0 Å². The largest absolute Gasteiger partial charge is 0.478 e. The quantitative estimate of drug-likeness (QED) is 0.535. The number of aliphatic hydroxyl groups is 1. The van der Waals surface area contributed by atoms with Gasteiger partial charge in [-0.2, -0.15) is 0 Å². The SMILES string of the molecule is NC(=O)C(O)CNc1ncc(F)cc1C(=O)O. The second kappa shape index (κ2) is 5.21. The lowest BCUT2D eigenvalue weighted by Gasteiger charge is -2.10. The molecule has 0 aliphatic carbocycles.